The molecule has 3 heteroatoms. The zero-order valence-electron chi connectivity index (χ0n) is 10.1. The molecule has 0 unspecified atom stereocenters. The van der Waals surface area contributed by atoms with Crippen LogP contribution in [0.3, 0.4) is 0 Å². The summed E-state index contributed by atoms with van der Waals surface area (Å²) < 4.78 is 11.0. The third-order valence-electron chi connectivity index (χ3n) is 2.87. The van der Waals surface area contributed by atoms with Gasteiger partial charge >= 0.3 is 0 Å². The molecule has 1 fully saturated rings. The first-order valence-corrected chi connectivity index (χ1v) is 6.29. The monoisotopic (exact) mass is 215 g/mol. The third kappa shape index (κ3) is 5.50. The summed E-state index contributed by atoms with van der Waals surface area (Å²) in [6.45, 7) is 7.52. The van der Waals surface area contributed by atoms with Crippen molar-refractivity contribution in [2.45, 2.75) is 51.7 Å². The van der Waals surface area contributed by atoms with Crippen molar-refractivity contribution in [3.8, 4) is 0 Å². The summed E-state index contributed by atoms with van der Waals surface area (Å²) >= 11 is 0. The standard InChI is InChI=1S/C12H25NO2/c1-3-5-6-11-9-12(10-13-11)15-8-7-14-4-2/h11-13H,3-10H2,1-2H3/t11-,12+/m1/s1. The van der Waals surface area contributed by atoms with Gasteiger partial charge in [0, 0.05) is 19.2 Å². The highest BCUT2D eigenvalue weighted by Gasteiger charge is 2.23. The number of nitrogens with one attached hydrogen (secondary N) is 1. The quantitative estimate of drug-likeness (QED) is 0.628. The molecule has 0 saturated carbocycles. The molecule has 0 aliphatic carbocycles. The lowest BCUT2D eigenvalue weighted by Crippen LogP contribution is -2.21. The number of hydrogen-bond acceptors (Lipinski definition) is 3. The maximum absolute atomic E-state index is 5.73. The molecule has 0 aromatic heterocycles. The molecule has 0 bridgehead atoms. The summed E-state index contributed by atoms with van der Waals surface area (Å²) in [6, 6.07) is 0.682. The van der Waals surface area contributed by atoms with E-state index < -0.39 is 0 Å². The van der Waals surface area contributed by atoms with Gasteiger partial charge in [0.15, 0.2) is 0 Å². The van der Waals surface area contributed by atoms with Crippen LogP contribution in [0.5, 0.6) is 0 Å². The topological polar surface area (TPSA) is 30.5 Å². The van der Waals surface area contributed by atoms with Crippen molar-refractivity contribution < 1.29 is 9.47 Å². The van der Waals surface area contributed by atoms with Gasteiger partial charge in [-0.2, -0.15) is 0 Å². The first-order chi connectivity index (χ1) is 7.36. The van der Waals surface area contributed by atoms with E-state index in [9.17, 15) is 0 Å². The lowest BCUT2D eigenvalue weighted by Gasteiger charge is -2.11. The van der Waals surface area contributed by atoms with E-state index in [0.717, 1.165) is 26.4 Å². The van der Waals surface area contributed by atoms with Crippen LogP contribution in [-0.2, 0) is 9.47 Å². The normalized spacial score (nSPS) is 26.0. The molecule has 1 saturated heterocycles. The smallest absolute Gasteiger partial charge is 0.0715 e. The first-order valence-electron chi connectivity index (χ1n) is 6.29. The molecule has 2 atom stereocenters. The Labute approximate surface area is 93.5 Å². The Hall–Kier alpha value is -0.120. The van der Waals surface area contributed by atoms with Gasteiger partial charge in [-0.1, -0.05) is 19.8 Å². The summed E-state index contributed by atoms with van der Waals surface area (Å²) in [7, 11) is 0. The predicted octanol–water partition coefficient (Wildman–Crippen LogP) is 1.96. The van der Waals surface area contributed by atoms with Crippen LogP contribution in [-0.4, -0.2) is 38.5 Å². The second kappa shape index (κ2) is 8.08. The number of ether oxygens (including phenoxy) is 2. The second-order valence-electron chi connectivity index (χ2n) is 4.17. The van der Waals surface area contributed by atoms with Gasteiger partial charge in [0.1, 0.15) is 0 Å². The highest BCUT2D eigenvalue weighted by atomic mass is 16.5. The van der Waals surface area contributed by atoms with Gasteiger partial charge < -0.3 is 14.8 Å². The van der Waals surface area contributed by atoms with E-state index in [0.29, 0.717) is 12.1 Å². The molecule has 0 amide bonds. The molecule has 1 aliphatic heterocycles. The summed E-state index contributed by atoms with van der Waals surface area (Å²) in [4.78, 5) is 0. The molecular formula is C12H25NO2. The van der Waals surface area contributed by atoms with E-state index in [1.165, 1.54) is 25.7 Å². The van der Waals surface area contributed by atoms with Crippen LogP contribution < -0.4 is 5.32 Å². The fourth-order valence-corrected chi connectivity index (χ4v) is 2.00. The Morgan fingerprint density at radius 3 is 2.87 bits per heavy atom. The maximum Gasteiger partial charge on any atom is 0.0715 e. The summed E-state index contributed by atoms with van der Waals surface area (Å²) in [6.07, 6.45) is 5.48. The Morgan fingerprint density at radius 1 is 1.27 bits per heavy atom. The van der Waals surface area contributed by atoms with Gasteiger partial charge in [-0.05, 0) is 19.8 Å². The lowest BCUT2D eigenvalue weighted by atomic mass is 10.1. The van der Waals surface area contributed by atoms with E-state index in [1.54, 1.807) is 0 Å². The van der Waals surface area contributed by atoms with Crippen LogP contribution in [0.1, 0.15) is 39.5 Å². The van der Waals surface area contributed by atoms with Crippen LogP contribution in [0.15, 0.2) is 0 Å². The molecule has 0 aromatic rings. The average molecular weight is 215 g/mol. The highest BCUT2D eigenvalue weighted by molar-refractivity contribution is 4.81. The lowest BCUT2D eigenvalue weighted by molar-refractivity contribution is 0.0152. The van der Waals surface area contributed by atoms with Gasteiger partial charge in [-0.25, -0.2) is 0 Å². The largest absolute Gasteiger partial charge is 0.379 e. The van der Waals surface area contributed by atoms with Crippen molar-refractivity contribution in [2.24, 2.45) is 0 Å². The molecule has 1 N–H and O–H groups in total. The number of hydrogen-bond donors (Lipinski definition) is 1. The average Bonchev–Trinajstić information content (AvgIpc) is 2.69. The van der Waals surface area contributed by atoms with Crippen molar-refractivity contribution in [3.63, 3.8) is 0 Å². The summed E-state index contributed by atoms with van der Waals surface area (Å²) in [5, 5.41) is 3.52. The molecule has 0 radical (unpaired) electrons. The molecule has 90 valence electrons. The van der Waals surface area contributed by atoms with Crippen molar-refractivity contribution >= 4 is 0 Å². The first kappa shape index (κ1) is 12.9. The molecule has 0 spiro atoms. The predicted molar refractivity (Wildman–Crippen MR) is 62.2 cm³/mol. The minimum Gasteiger partial charge on any atom is -0.379 e. The van der Waals surface area contributed by atoms with E-state index >= 15 is 0 Å². The van der Waals surface area contributed by atoms with Crippen LogP contribution in [0.4, 0.5) is 0 Å². The third-order valence-corrected chi connectivity index (χ3v) is 2.87. The van der Waals surface area contributed by atoms with Crippen LogP contribution >= 0.6 is 0 Å². The SMILES string of the molecule is CCCC[C@@H]1C[C@H](OCCOCC)CN1. The molecule has 0 aromatic carbocycles. The van der Waals surface area contributed by atoms with Gasteiger partial charge in [0.05, 0.1) is 19.3 Å². The van der Waals surface area contributed by atoms with Crippen LogP contribution in [0, 0.1) is 0 Å². The number of unbranched alkanes of at least 4 members (excludes halogenated alkanes) is 1. The fourth-order valence-electron chi connectivity index (χ4n) is 2.00. The minimum absolute atomic E-state index is 0.410. The zero-order chi connectivity index (χ0) is 10.9. The Balaban J connectivity index is 1.98. The Morgan fingerprint density at radius 2 is 2.13 bits per heavy atom. The summed E-state index contributed by atoms with van der Waals surface area (Å²) in [5.74, 6) is 0. The molecule has 1 heterocycles. The highest BCUT2D eigenvalue weighted by Crippen LogP contribution is 2.15. The Kier molecular flexibility index (Phi) is 6.98. The van der Waals surface area contributed by atoms with E-state index in [-0.39, 0.29) is 0 Å². The fraction of sp³-hybridized carbons (Fsp3) is 1.00. The molecule has 1 aliphatic rings. The number of rotatable bonds is 8. The van der Waals surface area contributed by atoms with Crippen LogP contribution in [0.25, 0.3) is 0 Å². The van der Waals surface area contributed by atoms with E-state index in [1.807, 2.05) is 6.92 Å². The van der Waals surface area contributed by atoms with Crippen molar-refractivity contribution in [3.05, 3.63) is 0 Å². The maximum atomic E-state index is 5.73. The van der Waals surface area contributed by atoms with Crippen molar-refractivity contribution in [2.75, 3.05) is 26.4 Å². The van der Waals surface area contributed by atoms with E-state index in [2.05, 4.69) is 12.2 Å². The van der Waals surface area contributed by atoms with Crippen LogP contribution in [0.2, 0.25) is 0 Å². The van der Waals surface area contributed by atoms with Crippen molar-refractivity contribution in [1.82, 2.24) is 5.32 Å². The van der Waals surface area contributed by atoms with E-state index in [4.69, 9.17) is 9.47 Å². The van der Waals surface area contributed by atoms with Crippen molar-refractivity contribution in [1.29, 1.82) is 0 Å². The van der Waals surface area contributed by atoms with Gasteiger partial charge in [-0.3, -0.25) is 0 Å². The zero-order valence-corrected chi connectivity index (χ0v) is 10.1. The molecular weight excluding hydrogens is 190 g/mol. The minimum atomic E-state index is 0.410. The molecule has 15 heavy (non-hydrogen) atoms. The Bertz CT molecular complexity index is 153. The molecule has 3 nitrogen and oxygen atoms in total. The van der Waals surface area contributed by atoms with Gasteiger partial charge in [-0.15, -0.1) is 0 Å². The second-order valence-corrected chi connectivity index (χ2v) is 4.17. The van der Waals surface area contributed by atoms with Gasteiger partial charge in [0.25, 0.3) is 0 Å². The molecule has 1 rings (SSSR count). The summed E-state index contributed by atoms with van der Waals surface area (Å²) in [5.41, 5.74) is 0. The van der Waals surface area contributed by atoms with Gasteiger partial charge in [0.2, 0.25) is 0 Å².